The Morgan fingerprint density at radius 1 is 1.12 bits per heavy atom. The first-order valence-corrected chi connectivity index (χ1v) is 11.5. The van der Waals surface area contributed by atoms with Crippen LogP contribution in [-0.4, -0.2) is 46.6 Å². The molecule has 4 heterocycles. The smallest absolute Gasteiger partial charge is 0.298 e. The standard InChI is InChI=1S/C25H23ClN4O3/c1-14-3-5-16(6-4-14)23-22(15(2)33-28-23)24(31)29-10-9-17-12-30(20(17)13-29)25-27-19-11-18(26)7-8-21(19)32-25/h3-8,11,17,20H,9-10,12-13H2,1-2H3/t17-,20-/m0/s1. The Labute approximate surface area is 195 Å². The molecule has 6 rings (SSSR count). The number of fused-ring (bicyclic) bond motifs is 2. The van der Waals surface area contributed by atoms with Crippen LogP contribution in [0, 0.1) is 19.8 Å². The van der Waals surface area contributed by atoms with Gasteiger partial charge < -0.3 is 18.7 Å². The summed E-state index contributed by atoms with van der Waals surface area (Å²) in [5.41, 5.74) is 4.63. The zero-order valence-corrected chi connectivity index (χ0v) is 19.2. The second-order valence-corrected chi connectivity index (χ2v) is 9.39. The molecule has 2 aliphatic rings. The SMILES string of the molecule is Cc1ccc(-c2noc(C)c2C(=O)N2CC[C@H]3CN(c4nc5cc(Cl)ccc5o4)[C@H]3C2)cc1. The third-order valence-corrected chi connectivity index (χ3v) is 7.06. The van der Waals surface area contributed by atoms with Crippen LogP contribution in [0.15, 0.2) is 51.4 Å². The molecule has 2 atom stereocenters. The quantitative estimate of drug-likeness (QED) is 0.421. The second-order valence-electron chi connectivity index (χ2n) is 8.96. The van der Waals surface area contributed by atoms with E-state index in [4.69, 9.17) is 20.5 Å². The summed E-state index contributed by atoms with van der Waals surface area (Å²) in [6, 6.07) is 14.2. The van der Waals surface area contributed by atoms with Crippen molar-refractivity contribution in [3.05, 3.63) is 64.4 Å². The number of anilines is 1. The first-order chi connectivity index (χ1) is 16.0. The summed E-state index contributed by atoms with van der Waals surface area (Å²) in [6.45, 7) is 6.04. The summed E-state index contributed by atoms with van der Waals surface area (Å²) >= 11 is 6.09. The second kappa shape index (κ2) is 7.63. The van der Waals surface area contributed by atoms with E-state index < -0.39 is 0 Å². The molecular weight excluding hydrogens is 440 g/mol. The maximum absolute atomic E-state index is 13.6. The molecule has 4 aromatic rings. The number of carbonyl (C=O) groups excluding carboxylic acids is 1. The molecule has 0 radical (unpaired) electrons. The number of benzene rings is 2. The van der Waals surface area contributed by atoms with Crippen molar-refractivity contribution in [1.29, 1.82) is 0 Å². The van der Waals surface area contributed by atoms with Crippen molar-refractivity contribution >= 4 is 34.6 Å². The molecular formula is C25H23ClN4O3. The highest BCUT2D eigenvalue weighted by atomic mass is 35.5. The molecule has 8 heteroatoms. The fraction of sp³-hybridized carbons (Fsp3) is 0.320. The van der Waals surface area contributed by atoms with E-state index in [-0.39, 0.29) is 11.9 Å². The number of halogens is 1. The van der Waals surface area contributed by atoms with Gasteiger partial charge in [-0.1, -0.05) is 46.6 Å². The number of aryl methyl sites for hydroxylation is 2. The van der Waals surface area contributed by atoms with Gasteiger partial charge in [0, 0.05) is 36.1 Å². The highest BCUT2D eigenvalue weighted by Gasteiger charge is 2.46. The molecule has 7 nitrogen and oxygen atoms in total. The average Bonchev–Trinajstić information content (AvgIpc) is 3.37. The van der Waals surface area contributed by atoms with Gasteiger partial charge >= 0.3 is 0 Å². The molecule has 2 aromatic carbocycles. The molecule has 0 aliphatic carbocycles. The van der Waals surface area contributed by atoms with Crippen LogP contribution in [0.4, 0.5) is 6.01 Å². The highest BCUT2D eigenvalue weighted by molar-refractivity contribution is 6.31. The van der Waals surface area contributed by atoms with Gasteiger partial charge in [-0.3, -0.25) is 4.79 Å². The minimum atomic E-state index is -0.0426. The van der Waals surface area contributed by atoms with Gasteiger partial charge in [-0.25, -0.2) is 0 Å². The summed E-state index contributed by atoms with van der Waals surface area (Å²) in [4.78, 5) is 22.3. The number of hydrogen-bond donors (Lipinski definition) is 0. The van der Waals surface area contributed by atoms with Crippen LogP contribution in [0.3, 0.4) is 0 Å². The monoisotopic (exact) mass is 462 g/mol. The molecule has 1 amide bonds. The molecule has 0 bridgehead atoms. The van der Waals surface area contributed by atoms with Crippen molar-refractivity contribution in [1.82, 2.24) is 15.0 Å². The maximum atomic E-state index is 13.6. The van der Waals surface area contributed by atoms with Crippen molar-refractivity contribution in [2.75, 3.05) is 24.5 Å². The number of nitrogens with zero attached hydrogens (tertiary/aromatic N) is 4. The fourth-order valence-corrected chi connectivity index (χ4v) is 5.07. The van der Waals surface area contributed by atoms with Crippen molar-refractivity contribution in [3.63, 3.8) is 0 Å². The maximum Gasteiger partial charge on any atom is 0.298 e. The van der Waals surface area contributed by atoms with Crippen LogP contribution in [-0.2, 0) is 0 Å². The van der Waals surface area contributed by atoms with E-state index in [1.807, 2.05) is 42.2 Å². The number of aromatic nitrogens is 2. The predicted molar refractivity (Wildman–Crippen MR) is 126 cm³/mol. The van der Waals surface area contributed by atoms with Gasteiger partial charge in [0.05, 0.1) is 6.04 Å². The third kappa shape index (κ3) is 3.38. The van der Waals surface area contributed by atoms with Gasteiger partial charge in [-0.15, -0.1) is 0 Å². The summed E-state index contributed by atoms with van der Waals surface area (Å²) in [7, 11) is 0. The number of oxazole rings is 1. The summed E-state index contributed by atoms with van der Waals surface area (Å²) in [5, 5.41) is 4.84. The van der Waals surface area contributed by atoms with Gasteiger partial charge in [0.25, 0.3) is 11.9 Å². The first-order valence-electron chi connectivity index (χ1n) is 11.1. The lowest BCUT2D eigenvalue weighted by molar-refractivity contribution is 0.0582. The van der Waals surface area contributed by atoms with E-state index in [0.717, 1.165) is 36.2 Å². The highest BCUT2D eigenvalue weighted by Crippen LogP contribution is 2.38. The van der Waals surface area contributed by atoms with E-state index in [1.165, 1.54) is 0 Å². The van der Waals surface area contributed by atoms with Gasteiger partial charge in [-0.2, -0.15) is 4.98 Å². The molecule has 2 aromatic heterocycles. The Morgan fingerprint density at radius 2 is 1.94 bits per heavy atom. The zero-order chi connectivity index (χ0) is 22.7. The number of likely N-dealkylation sites (tertiary alicyclic amines) is 1. The van der Waals surface area contributed by atoms with E-state index in [2.05, 4.69) is 15.0 Å². The lowest BCUT2D eigenvalue weighted by atomic mass is 9.82. The molecule has 0 saturated carbocycles. The number of amides is 1. The van der Waals surface area contributed by atoms with E-state index in [9.17, 15) is 4.79 Å². The Bertz CT molecular complexity index is 1360. The van der Waals surface area contributed by atoms with Gasteiger partial charge in [0.2, 0.25) is 0 Å². The van der Waals surface area contributed by atoms with Crippen molar-refractivity contribution in [3.8, 4) is 11.3 Å². The van der Waals surface area contributed by atoms with Gasteiger partial charge in [-0.05, 0) is 38.5 Å². The Hall–Kier alpha value is -3.32. The van der Waals surface area contributed by atoms with Crippen LogP contribution in [0.5, 0.6) is 0 Å². The third-order valence-electron chi connectivity index (χ3n) is 6.83. The molecule has 2 aliphatic heterocycles. The molecule has 2 saturated heterocycles. The number of piperidine rings is 1. The molecule has 0 unspecified atom stereocenters. The lowest BCUT2D eigenvalue weighted by Gasteiger charge is -2.52. The summed E-state index contributed by atoms with van der Waals surface area (Å²) in [6.07, 6.45) is 0.948. The summed E-state index contributed by atoms with van der Waals surface area (Å²) in [5.74, 6) is 1.02. The predicted octanol–water partition coefficient (Wildman–Crippen LogP) is 5.10. The van der Waals surface area contributed by atoms with Crippen LogP contribution in [0.25, 0.3) is 22.4 Å². The molecule has 2 fully saturated rings. The van der Waals surface area contributed by atoms with Crippen LogP contribution < -0.4 is 4.90 Å². The normalized spacial score (nSPS) is 20.1. The van der Waals surface area contributed by atoms with Crippen LogP contribution in [0.2, 0.25) is 5.02 Å². The molecule has 0 spiro atoms. The fourth-order valence-electron chi connectivity index (χ4n) is 4.90. The van der Waals surface area contributed by atoms with Crippen LogP contribution >= 0.6 is 11.6 Å². The topological polar surface area (TPSA) is 75.6 Å². The number of hydrogen-bond acceptors (Lipinski definition) is 6. The molecule has 0 N–H and O–H groups in total. The Kier molecular flexibility index (Phi) is 4.69. The van der Waals surface area contributed by atoms with Crippen LogP contribution in [0.1, 0.15) is 28.1 Å². The average molecular weight is 463 g/mol. The molecule has 168 valence electrons. The van der Waals surface area contributed by atoms with Crippen molar-refractivity contribution in [2.24, 2.45) is 5.92 Å². The summed E-state index contributed by atoms with van der Waals surface area (Å²) < 4.78 is 11.4. The number of rotatable bonds is 3. The minimum Gasteiger partial charge on any atom is -0.423 e. The largest absolute Gasteiger partial charge is 0.423 e. The molecule has 33 heavy (non-hydrogen) atoms. The van der Waals surface area contributed by atoms with Gasteiger partial charge in [0.1, 0.15) is 22.5 Å². The van der Waals surface area contributed by atoms with Crippen molar-refractivity contribution < 1.29 is 13.7 Å². The van der Waals surface area contributed by atoms with E-state index >= 15 is 0 Å². The number of carbonyl (C=O) groups is 1. The zero-order valence-electron chi connectivity index (χ0n) is 18.4. The first kappa shape index (κ1) is 20.3. The van der Waals surface area contributed by atoms with Crippen molar-refractivity contribution in [2.45, 2.75) is 26.3 Å². The Morgan fingerprint density at radius 3 is 2.76 bits per heavy atom. The minimum absolute atomic E-state index is 0.0426. The Balaban J connectivity index is 1.25. The van der Waals surface area contributed by atoms with E-state index in [0.29, 0.717) is 46.1 Å². The lowest BCUT2D eigenvalue weighted by Crippen LogP contribution is -2.65. The van der Waals surface area contributed by atoms with E-state index in [1.54, 1.807) is 19.1 Å². The van der Waals surface area contributed by atoms with Gasteiger partial charge in [0.15, 0.2) is 5.58 Å².